The Morgan fingerprint density at radius 1 is 0.867 bits per heavy atom. The Morgan fingerprint density at radius 3 is 2.33 bits per heavy atom. The number of hydrogen-bond acceptors (Lipinski definition) is 1. The van der Waals surface area contributed by atoms with Crippen molar-refractivity contribution in [1.82, 2.24) is 0 Å². The highest BCUT2D eigenvalue weighted by molar-refractivity contribution is 5.11. The molecule has 0 aromatic rings. The van der Waals surface area contributed by atoms with Crippen molar-refractivity contribution in [3.8, 4) is 0 Å². The zero-order valence-electron chi connectivity index (χ0n) is 21.1. The van der Waals surface area contributed by atoms with Gasteiger partial charge in [-0.1, -0.05) is 67.2 Å². The zero-order valence-corrected chi connectivity index (χ0v) is 21.1. The Balaban J connectivity index is 1.49. The van der Waals surface area contributed by atoms with Crippen molar-refractivity contribution in [2.24, 2.45) is 58.2 Å². The summed E-state index contributed by atoms with van der Waals surface area (Å²) >= 11 is 0. The highest BCUT2D eigenvalue weighted by Crippen LogP contribution is 2.68. The van der Waals surface area contributed by atoms with Crippen LogP contribution >= 0.6 is 0 Å². The molecular formula is C29H52O. The first-order valence-electron chi connectivity index (χ1n) is 13.9. The van der Waals surface area contributed by atoms with Crippen LogP contribution in [0.3, 0.4) is 0 Å². The maximum absolute atomic E-state index is 11.4. The first kappa shape index (κ1) is 23.1. The average molecular weight is 417 g/mol. The van der Waals surface area contributed by atoms with Gasteiger partial charge in [-0.3, -0.25) is 0 Å². The highest BCUT2D eigenvalue weighted by Gasteiger charge is 2.62. The van der Waals surface area contributed by atoms with E-state index in [0.29, 0.717) is 22.7 Å². The number of aliphatic hydroxyl groups excluding tert-OH is 1. The molecule has 0 aromatic heterocycles. The van der Waals surface area contributed by atoms with E-state index in [-0.39, 0.29) is 6.10 Å². The van der Waals surface area contributed by atoms with Crippen LogP contribution in [0.25, 0.3) is 0 Å². The van der Waals surface area contributed by atoms with Gasteiger partial charge >= 0.3 is 0 Å². The van der Waals surface area contributed by atoms with E-state index in [4.69, 9.17) is 0 Å². The molecule has 1 N–H and O–H groups in total. The molecule has 0 bridgehead atoms. The fourth-order valence-electron chi connectivity index (χ4n) is 10.0. The van der Waals surface area contributed by atoms with Gasteiger partial charge in [-0.05, 0) is 110 Å². The predicted octanol–water partition coefficient (Wildman–Crippen LogP) is 8.10. The van der Waals surface area contributed by atoms with E-state index in [1.54, 1.807) is 0 Å². The molecule has 0 radical (unpaired) electrons. The Hall–Kier alpha value is -0.0400. The molecule has 4 aliphatic carbocycles. The van der Waals surface area contributed by atoms with E-state index in [1.807, 2.05) is 0 Å². The molecule has 4 saturated carbocycles. The van der Waals surface area contributed by atoms with Crippen LogP contribution in [0.2, 0.25) is 0 Å². The summed E-state index contributed by atoms with van der Waals surface area (Å²) in [5, 5.41) is 11.4. The first-order chi connectivity index (χ1) is 14.2. The molecule has 4 fully saturated rings. The van der Waals surface area contributed by atoms with Gasteiger partial charge < -0.3 is 5.11 Å². The SMILES string of the molecule is CCC(CC[C@@H](C)[C@H]1C(O)C[C@H]2[C@@H]3CCC4CCCC[C@]4(C)[C@H]3CC[C@]12C)C(C)C. The van der Waals surface area contributed by atoms with E-state index in [0.717, 1.165) is 41.9 Å². The molecule has 10 atom stereocenters. The third-order valence-corrected chi connectivity index (χ3v) is 11.8. The Kier molecular flexibility index (Phi) is 6.72. The fourth-order valence-corrected chi connectivity index (χ4v) is 10.0. The molecule has 174 valence electrons. The fraction of sp³-hybridized carbons (Fsp3) is 1.00. The third kappa shape index (κ3) is 3.72. The van der Waals surface area contributed by atoms with Crippen LogP contribution in [0.5, 0.6) is 0 Å². The lowest BCUT2D eigenvalue weighted by Gasteiger charge is -2.60. The maximum Gasteiger partial charge on any atom is 0.0579 e. The van der Waals surface area contributed by atoms with Crippen molar-refractivity contribution in [2.45, 2.75) is 125 Å². The molecule has 4 rings (SSSR count). The molecule has 0 amide bonds. The molecule has 4 aliphatic rings. The summed E-state index contributed by atoms with van der Waals surface area (Å²) in [6.45, 7) is 14.9. The van der Waals surface area contributed by atoms with Gasteiger partial charge in [-0.15, -0.1) is 0 Å². The maximum atomic E-state index is 11.4. The number of fused-ring (bicyclic) bond motifs is 5. The normalized spacial score (nSPS) is 48.0. The second kappa shape index (κ2) is 8.72. The van der Waals surface area contributed by atoms with E-state index >= 15 is 0 Å². The van der Waals surface area contributed by atoms with Crippen LogP contribution in [0.1, 0.15) is 119 Å². The third-order valence-electron chi connectivity index (χ3n) is 11.8. The quantitative estimate of drug-likeness (QED) is 0.463. The molecule has 0 spiro atoms. The Morgan fingerprint density at radius 2 is 1.63 bits per heavy atom. The van der Waals surface area contributed by atoms with Gasteiger partial charge in [0.1, 0.15) is 0 Å². The smallest absolute Gasteiger partial charge is 0.0579 e. The first-order valence-corrected chi connectivity index (χ1v) is 13.9. The minimum Gasteiger partial charge on any atom is -0.393 e. The van der Waals surface area contributed by atoms with Crippen LogP contribution < -0.4 is 0 Å². The minimum atomic E-state index is -0.0511. The summed E-state index contributed by atoms with van der Waals surface area (Å²) in [6, 6.07) is 0. The van der Waals surface area contributed by atoms with Crippen molar-refractivity contribution >= 4 is 0 Å². The number of hydrogen-bond donors (Lipinski definition) is 1. The predicted molar refractivity (Wildman–Crippen MR) is 128 cm³/mol. The molecule has 1 heteroatoms. The molecule has 0 heterocycles. The van der Waals surface area contributed by atoms with E-state index in [1.165, 1.54) is 70.6 Å². The van der Waals surface area contributed by atoms with E-state index in [2.05, 4.69) is 41.5 Å². The van der Waals surface area contributed by atoms with Gasteiger partial charge in [-0.2, -0.15) is 0 Å². The van der Waals surface area contributed by atoms with Crippen LogP contribution in [0, 0.1) is 58.2 Å². The van der Waals surface area contributed by atoms with Gasteiger partial charge in [0.2, 0.25) is 0 Å². The van der Waals surface area contributed by atoms with Crippen molar-refractivity contribution < 1.29 is 5.11 Å². The van der Waals surface area contributed by atoms with Gasteiger partial charge in [0.25, 0.3) is 0 Å². The lowest BCUT2D eigenvalue weighted by atomic mass is 9.44. The highest BCUT2D eigenvalue weighted by atomic mass is 16.3. The van der Waals surface area contributed by atoms with Crippen LogP contribution in [0.15, 0.2) is 0 Å². The average Bonchev–Trinajstić information content (AvgIpc) is 2.97. The number of rotatable bonds is 6. The summed E-state index contributed by atoms with van der Waals surface area (Å²) in [5.74, 6) is 6.47. The Bertz CT molecular complexity index is 583. The molecule has 0 aromatic carbocycles. The van der Waals surface area contributed by atoms with Gasteiger partial charge in [0, 0.05) is 0 Å². The number of aliphatic hydroxyl groups is 1. The van der Waals surface area contributed by atoms with Crippen molar-refractivity contribution in [3.63, 3.8) is 0 Å². The van der Waals surface area contributed by atoms with Crippen molar-refractivity contribution in [2.75, 3.05) is 0 Å². The standard InChI is InChI=1S/C29H52O/c1-7-21(19(2)3)12-11-20(4)27-26(30)18-25-23-14-13-22-10-8-9-16-28(22,5)24(23)15-17-29(25,27)6/h19-27,30H,7-18H2,1-6H3/t20-,21?,22?,23-,24+,25+,26?,27+,28+,29+/m1/s1. The molecule has 0 saturated heterocycles. The molecule has 30 heavy (non-hydrogen) atoms. The minimum absolute atomic E-state index is 0.0511. The van der Waals surface area contributed by atoms with Gasteiger partial charge in [0.15, 0.2) is 0 Å². The van der Waals surface area contributed by atoms with Crippen molar-refractivity contribution in [3.05, 3.63) is 0 Å². The summed E-state index contributed by atoms with van der Waals surface area (Å²) in [5.41, 5.74) is 1.00. The van der Waals surface area contributed by atoms with Gasteiger partial charge in [-0.25, -0.2) is 0 Å². The van der Waals surface area contributed by atoms with E-state index in [9.17, 15) is 5.11 Å². The van der Waals surface area contributed by atoms with Crippen LogP contribution in [-0.2, 0) is 0 Å². The molecule has 0 aliphatic heterocycles. The largest absolute Gasteiger partial charge is 0.393 e. The van der Waals surface area contributed by atoms with Crippen LogP contribution in [0.4, 0.5) is 0 Å². The second-order valence-electron chi connectivity index (χ2n) is 13.2. The zero-order chi connectivity index (χ0) is 21.7. The van der Waals surface area contributed by atoms with Crippen LogP contribution in [-0.4, -0.2) is 11.2 Å². The summed E-state index contributed by atoms with van der Waals surface area (Å²) < 4.78 is 0. The lowest BCUT2D eigenvalue weighted by Crippen LogP contribution is -2.53. The monoisotopic (exact) mass is 416 g/mol. The topological polar surface area (TPSA) is 20.2 Å². The van der Waals surface area contributed by atoms with Gasteiger partial charge in [0.05, 0.1) is 6.10 Å². The molecular weight excluding hydrogens is 364 g/mol. The Labute approximate surface area is 188 Å². The summed E-state index contributed by atoms with van der Waals surface area (Å²) in [6.07, 6.45) is 16.7. The van der Waals surface area contributed by atoms with Crippen molar-refractivity contribution in [1.29, 1.82) is 0 Å². The van der Waals surface area contributed by atoms with E-state index < -0.39 is 0 Å². The molecule has 3 unspecified atom stereocenters. The summed E-state index contributed by atoms with van der Waals surface area (Å²) in [4.78, 5) is 0. The second-order valence-corrected chi connectivity index (χ2v) is 13.2. The molecule has 1 nitrogen and oxygen atoms in total. The lowest BCUT2D eigenvalue weighted by molar-refractivity contribution is -0.115. The summed E-state index contributed by atoms with van der Waals surface area (Å²) in [7, 11) is 0.